The van der Waals surface area contributed by atoms with E-state index in [1.807, 2.05) is 60.0 Å². The summed E-state index contributed by atoms with van der Waals surface area (Å²) in [7, 11) is 0. The van der Waals surface area contributed by atoms with Crippen molar-refractivity contribution < 1.29 is 9.59 Å². The molecular formula is C22H26N4O2. The molecule has 0 unspecified atom stereocenters. The molecular weight excluding hydrogens is 352 g/mol. The maximum absolute atomic E-state index is 12.7. The highest BCUT2D eigenvalue weighted by molar-refractivity contribution is 5.92. The van der Waals surface area contributed by atoms with E-state index in [1.165, 1.54) is 0 Å². The first-order chi connectivity index (χ1) is 13.6. The number of amides is 2. The van der Waals surface area contributed by atoms with E-state index in [9.17, 15) is 9.59 Å². The SMILES string of the molecule is CCC(=O)NCCc1nc2ccccc2n1CC(=O)Nc1ccccc1CC. The van der Waals surface area contributed by atoms with Crippen molar-refractivity contribution >= 4 is 28.5 Å². The van der Waals surface area contributed by atoms with E-state index >= 15 is 0 Å². The summed E-state index contributed by atoms with van der Waals surface area (Å²) in [6.45, 7) is 4.56. The van der Waals surface area contributed by atoms with Gasteiger partial charge in [0.1, 0.15) is 12.4 Å². The van der Waals surface area contributed by atoms with E-state index in [-0.39, 0.29) is 18.4 Å². The molecule has 0 saturated carbocycles. The summed E-state index contributed by atoms with van der Waals surface area (Å²) >= 11 is 0. The molecule has 1 heterocycles. The first-order valence-corrected chi connectivity index (χ1v) is 9.71. The van der Waals surface area contributed by atoms with Crippen LogP contribution in [-0.2, 0) is 29.0 Å². The molecule has 0 bridgehead atoms. The van der Waals surface area contributed by atoms with Crippen molar-refractivity contribution in [1.29, 1.82) is 0 Å². The predicted octanol–water partition coefficient (Wildman–Crippen LogP) is 3.31. The molecule has 0 saturated heterocycles. The van der Waals surface area contributed by atoms with Crippen molar-refractivity contribution in [2.24, 2.45) is 0 Å². The fraction of sp³-hybridized carbons (Fsp3) is 0.318. The van der Waals surface area contributed by atoms with Crippen LogP contribution < -0.4 is 10.6 Å². The number of anilines is 1. The van der Waals surface area contributed by atoms with Crippen LogP contribution in [0.3, 0.4) is 0 Å². The summed E-state index contributed by atoms with van der Waals surface area (Å²) in [6, 6.07) is 15.6. The van der Waals surface area contributed by atoms with Gasteiger partial charge in [-0.05, 0) is 30.2 Å². The summed E-state index contributed by atoms with van der Waals surface area (Å²) in [5.74, 6) is 0.705. The van der Waals surface area contributed by atoms with E-state index in [4.69, 9.17) is 0 Å². The summed E-state index contributed by atoms with van der Waals surface area (Å²) in [4.78, 5) is 28.9. The second-order valence-electron chi connectivity index (χ2n) is 6.62. The Morgan fingerprint density at radius 2 is 1.75 bits per heavy atom. The van der Waals surface area contributed by atoms with Gasteiger partial charge in [0.15, 0.2) is 0 Å². The average Bonchev–Trinajstić information content (AvgIpc) is 3.05. The minimum absolute atomic E-state index is 0.0107. The molecule has 0 fully saturated rings. The summed E-state index contributed by atoms with van der Waals surface area (Å²) in [5.41, 5.74) is 3.71. The minimum atomic E-state index is -0.0945. The second kappa shape index (κ2) is 9.17. The zero-order valence-corrected chi connectivity index (χ0v) is 16.4. The van der Waals surface area contributed by atoms with Crippen molar-refractivity contribution in [1.82, 2.24) is 14.9 Å². The standard InChI is InChI=1S/C22H26N4O2/c1-3-16-9-5-6-10-17(16)25-22(28)15-26-19-12-8-7-11-18(19)24-20(26)13-14-23-21(27)4-2/h5-12H,3-4,13-15H2,1-2H3,(H,23,27)(H,25,28). The van der Waals surface area contributed by atoms with Crippen molar-refractivity contribution in [3.05, 3.63) is 59.9 Å². The molecule has 2 N–H and O–H groups in total. The van der Waals surface area contributed by atoms with E-state index in [0.717, 1.165) is 34.5 Å². The van der Waals surface area contributed by atoms with Crippen LogP contribution in [0.4, 0.5) is 5.69 Å². The number of carbonyl (C=O) groups is 2. The monoisotopic (exact) mass is 378 g/mol. The fourth-order valence-electron chi connectivity index (χ4n) is 3.22. The van der Waals surface area contributed by atoms with Crippen LogP contribution in [0.5, 0.6) is 0 Å². The Labute approximate surface area is 165 Å². The zero-order valence-electron chi connectivity index (χ0n) is 16.4. The number of fused-ring (bicyclic) bond motifs is 1. The Hall–Kier alpha value is -3.15. The maximum Gasteiger partial charge on any atom is 0.244 e. The lowest BCUT2D eigenvalue weighted by atomic mass is 10.1. The highest BCUT2D eigenvalue weighted by atomic mass is 16.2. The van der Waals surface area contributed by atoms with Crippen LogP contribution in [0.1, 0.15) is 31.7 Å². The van der Waals surface area contributed by atoms with E-state index < -0.39 is 0 Å². The zero-order chi connectivity index (χ0) is 19.9. The third-order valence-electron chi connectivity index (χ3n) is 4.70. The smallest absolute Gasteiger partial charge is 0.244 e. The number of para-hydroxylation sites is 3. The number of nitrogens with one attached hydrogen (secondary N) is 2. The van der Waals surface area contributed by atoms with Crippen LogP contribution in [0.15, 0.2) is 48.5 Å². The van der Waals surface area contributed by atoms with Crippen molar-refractivity contribution in [3.8, 4) is 0 Å². The van der Waals surface area contributed by atoms with Gasteiger partial charge in [-0.2, -0.15) is 0 Å². The molecule has 146 valence electrons. The van der Waals surface area contributed by atoms with Crippen LogP contribution in [0, 0.1) is 0 Å². The Morgan fingerprint density at radius 1 is 1.00 bits per heavy atom. The topological polar surface area (TPSA) is 76.0 Å². The quantitative estimate of drug-likeness (QED) is 0.631. The number of imidazole rings is 1. The lowest BCUT2D eigenvalue weighted by molar-refractivity contribution is -0.120. The Morgan fingerprint density at radius 3 is 2.54 bits per heavy atom. The molecule has 0 aliphatic heterocycles. The lowest BCUT2D eigenvalue weighted by Crippen LogP contribution is -2.26. The Balaban J connectivity index is 1.79. The first-order valence-electron chi connectivity index (χ1n) is 9.71. The molecule has 6 heteroatoms. The van der Waals surface area contributed by atoms with Gasteiger partial charge in [-0.15, -0.1) is 0 Å². The Kier molecular flexibility index (Phi) is 6.42. The molecule has 0 aliphatic rings. The van der Waals surface area contributed by atoms with Crippen LogP contribution in [0.2, 0.25) is 0 Å². The third-order valence-corrected chi connectivity index (χ3v) is 4.70. The van der Waals surface area contributed by atoms with E-state index in [2.05, 4.69) is 22.5 Å². The summed E-state index contributed by atoms with van der Waals surface area (Å²) < 4.78 is 1.93. The van der Waals surface area contributed by atoms with E-state index in [1.54, 1.807) is 0 Å². The predicted molar refractivity (Wildman–Crippen MR) is 111 cm³/mol. The van der Waals surface area contributed by atoms with Gasteiger partial charge in [0.2, 0.25) is 11.8 Å². The first kappa shape index (κ1) is 19.6. The molecule has 3 aromatic rings. The van der Waals surface area contributed by atoms with Gasteiger partial charge in [-0.25, -0.2) is 4.98 Å². The van der Waals surface area contributed by atoms with Gasteiger partial charge in [0.25, 0.3) is 0 Å². The molecule has 2 aromatic carbocycles. The second-order valence-corrected chi connectivity index (χ2v) is 6.62. The number of rotatable bonds is 8. The third kappa shape index (κ3) is 4.57. The minimum Gasteiger partial charge on any atom is -0.356 e. The molecule has 3 rings (SSSR count). The number of aryl methyl sites for hydroxylation is 1. The van der Waals surface area contributed by atoms with Crippen molar-refractivity contribution in [3.63, 3.8) is 0 Å². The van der Waals surface area contributed by atoms with Crippen molar-refractivity contribution in [2.75, 3.05) is 11.9 Å². The molecule has 0 radical (unpaired) electrons. The summed E-state index contributed by atoms with van der Waals surface area (Å²) in [6.07, 6.45) is 1.88. The maximum atomic E-state index is 12.7. The van der Waals surface area contributed by atoms with Crippen LogP contribution in [-0.4, -0.2) is 27.9 Å². The largest absolute Gasteiger partial charge is 0.356 e. The average molecular weight is 378 g/mol. The summed E-state index contributed by atoms with van der Waals surface area (Å²) in [5, 5.41) is 5.89. The molecule has 6 nitrogen and oxygen atoms in total. The van der Waals surface area contributed by atoms with Crippen LogP contribution >= 0.6 is 0 Å². The fourth-order valence-corrected chi connectivity index (χ4v) is 3.22. The highest BCUT2D eigenvalue weighted by Crippen LogP contribution is 2.18. The number of hydrogen-bond acceptors (Lipinski definition) is 3. The Bertz CT molecular complexity index is 978. The molecule has 0 aliphatic carbocycles. The van der Waals surface area contributed by atoms with Gasteiger partial charge in [0, 0.05) is 25.1 Å². The van der Waals surface area contributed by atoms with Crippen LogP contribution in [0.25, 0.3) is 11.0 Å². The van der Waals surface area contributed by atoms with Gasteiger partial charge >= 0.3 is 0 Å². The highest BCUT2D eigenvalue weighted by Gasteiger charge is 2.14. The molecule has 0 atom stereocenters. The molecule has 2 amide bonds. The molecule has 0 spiro atoms. The van der Waals surface area contributed by atoms with Gasteiger partial charge in [-0.3, -0.25) is 9.59 Å². The van der Waals surface area contributed by atoms with Gasteiger partial charge in [-0.1, -0.05) is 44.2 Å². The lowest BCUT2D eigenvalue weighted by Gasteiger charge is -2.12. The molecule has 28 heavy (non-hydrogen) atoms. The number of hydrogen-bond donors (Lipinski definition) is 2. The number of benzene rings is 2. The van der Waals surface area contributed by atoms with Gasteiger partial charge < -0.3 is 15.2 Å². The normalized spacial score (nSPS) is 10.8. The van der Waals surface area contributed by atoms with Crippen molar-refractivity contribution in [2.45, 2.75) is 39.7 Å². The number of aromatic nitrogens is 2. The van der Waals surface area contributed by atoms with E-state index in [0.29, 0.717) is 19.4 Å². The molecule has 1 aromatic heterocycles. The number of nitrogens with zero attached hydrogens (tertiary/aromatic N) is 2. The van der Waals surface area contributed by atoms with Gasteiger partial charge in [0.05, 0.1) is 11.0 Å². The number of carbonyl (C=O) groups excluding carboxylic acids is 2.